The number of amides is 2. The van der Waals surface area contributed by atoms with E-state index in [-0.39, 0.29) is 43.7 Å². The second-order valence-corrected chi connectivity index (χ2v) is 9.04. The van der Waals surface area contributed by atoms with Crippen LogP contribution in [0.25, 0.3) is 0 Å². The van der Waals surface area contributed by atoms with Gasteiger partial charge in [0.2, 0.25) is 5.91 Å². The van der Waals surface area contributed by atoms with Gasteiger partial charge in [-0.2, -0.15) is 0 Å². The van der Waals surface area contributed by atoms with E-state index in [1.54, 1.807) is 24.3 Å². The quantitative estimate of drug-likeness (QED) is 0.293. The molecular formula is C28H28Cl2N4O5. The van der Waals surface area contributed by atoms with Crippen LogP contribution >= 0.6 is 23.2 Å². The normalized spacial score (nSPS) is 11.2. The lowest BCUT2D eigenvalue weighted by Crippen LogP contribution is -2.37. The smallest absolute Gasteiger partial charge is 0.407 e. The van der Waals surface area contributed by atoms with Crippen molar-refractivity contribution in [3.8, 4) is 5.75 Å². The molecule has 0 saturated heterocycles. The Balaban J connectivity index is 1.81. The molecular weight excluding hydrogens is 543 g/mol. The number of carbonyl (C=O) groups is 2. The fraction of sp³-hybridized carbons (Fsp3) is 0.214. The molecule has 0 saturated carbocycles. The number of benzene rings is 2. The monoisotopic (exact) mass is 570 g/mol. The van der Waals surface area contributed by atoms with E-state index in [0.717, 1.165) is 10.1 Å². The van der Waals surface area contributed by atoms with Crippen LogP contribution in [0.2, 0.25) is 10.2 Å². The molecule has 1 heterocycles. The molecule has 0 unspecified atom stereocenters. The highest BCUT2D eigenvalue weighted by molar-refractivity contribution is 6.30. The number of carbonyl (C=O) groups excluding carboxylic acids is 2. The van der Waals surface area contributed by atoms with Gasteiger partial charge >= 0.3 is 6.09 Å². The maximum Gasteiger partial charge on any atom is 0.407 e. The fourth-order valence-electron chi connectivity index (χ4n) is 3.67. The number of halogens is 2. The predicted molar refractivity (Wildman–Crippen MR) is 150 cm³/mol. The Morgan fingerprint density at radius 2 is 1.79 bits per heavy atom. The maximum absolute atomic E-state index is 13.5. The molecule has 39 heavy (non-hydrogen) atoms. The molecule has 2 aromatic carbocycles. The Bertz CT molecular complexity index is 1380. The van der Waals surface area contributed by atoms with Crippen molar-refractivity contribution in [2.75, 3.05) is 19.8 Å². The Hall–Kier alpha value is -4.08. The van der Waals surface area contributed by atoms with E-state index in [1.165, 1.54) is 12.3 Å². The van der Waals surface area contributed by atoms with Crippen LogP contribution in [0.1, 0.15) is 22.7 Å². The van der Waals surface area contributed by atoms with Crippen LogP contribution in [0.4, 0.5) is 4.79 Å². The molecule has 0 fully saturated rings. The lowest BCUT2D eigenvalue weighted by molar-refractivity contribution is -0.121. The molecule has 9 nitrogen and oxygen atoms in total. The summed E-state index contributed by atoms with van der Waals surface area (Å²) in [6.07, 6.45) is 3.69. The first kappa shape index (κ1) is 29.5. The number of ether oxygens (including phenoxy) is 2. The number of nitrogens with zero attached hydrogens (tertiary/aromatic N) is 2. The van der Waals surface area contributed by atoms with Crippen molar-refractivity contribution in [1.82, 2.24) is 20.2 Å². The van der Waals surface area contributed by atoms with Gasteiger partial charge in [0.25, 0.3) is 5.56 Å². The lowest BCUT2D eigenvalue weighted by Gasteiger charge is -2.19. The standard InChI is InChI=1S/C28H28Cl2N4O5/c1-3-12-38-23-11-10-21(29)14-20(23)15-31-25(35)18-34-24(30)17-32-26(27(34)36)22(19-8-6-5-7-9-19)16-33-28(37)39-13-4-2/h3-11,14,17,22H,1-2,12-13,15-16,18H2,(H,31,35)(H,33,37)/t22-/m1/s1. The molecule has 3 aromatic rings. The zero-order valence-corrected chi connectivity index (χ0v) is 22.6. The number of hydrogen-bond donors (Lipinski definition) is 2. The van der Waals surface area contributed by atoms with Crippen molar-refractivity contribution >= 4 is 35.2 Å². The van der Waals surface area contributed by atoms with Gasteiger partial charge in [-0.15, -0.1) is 0 Å². The van der Waals surface area contributed by atoms with Gasteiger partial charge in [0, 0.05) is 29.6 Å². The van der Waals surface area contributed by atoms with E-state index in [9.17, 15) is 14.4 Å². The summed E-state index contributed by atoms with van der Waals surface area (Å²) < 4.78 is 11.7. The molecule has 3 rings (SSSR count). The largest absolute Gasteiger partial charge is 0.489 e. The van der Waals surface area contributed by atoms with Crippen LogP contribution in [0.5, 0.6) is 5.75 Å². The second-order valence-electron chi connectivity index (χ2n) is 8.22. The summed E-state index contributed by atoms with van der Waals surface area (Å²) in [6, 6.07) is 14.1. The minimum Gasteiger partial charge on any atom is -0.489 e. The molecule has 1 atom stereocenters. The van der Waals surface area contributed by atoms with Crippen LogP contribution in [0.3, 0.4) is 0 Å². The first-order valence-corrected chi connectivity index (χ1v) is 12.7. The summed E-state index contributed by atoms with van der Waals surface area (Å²) in [5, 5.41) is 5.87. The maximum atomic E-state index is 13.5. The molecule has 2 N–H and O–H groups in total. The van der Waals surface area contributed by atoms with Gasteiger partial charge in [-0.25, -0.2) is 4.79 Å². The van der Waals surface area contributed by atoms with Crippen LogP contribution in [-0.2, 0) is 22.6 Å². The fourth-order valence-corrected chi connectivity index (χ4v) is 4.05. The first-order chi connectivity index (χ1) is 18.8. The third kappa shape index (κ3) is 8.46. The Morgan fingerprint density at radius 1 is 1.05 bits per heavy atom. The molecule has 204 valence electrons. The van der Waals surface area contributed by atoms with Gasteiger partial charge in [-0.1, -0.05) is 78.8 Å². The Morgan fingerprint density at radius 3 is 2.51 bits per heavy atom. The summed E-state index contributed by atoms with van der Waals surface area (Å²) >= 11 is 12.4. The van der Waals surface area contributed by atoms with E-state index < -0.39 is 23.5 Å². The molecule has 0 bridgehead atoms. The number of nitrogens with one attached hydrogen (secondary N) is 2. The topological polar surface area (TPSA) is 112 Å². The highest BCUT2D eigenvalue weighted by atomic mass is 35.5. The van der Waals surface area contributed by atoms with Crippen LogP contribution < -0.4 is 20.9 Å². The Kier molecular flexibility index (Phi) is 11.1. The summed E-state index contributed by atoms with van der Waals surface area (Å²) in [7, 11) is 0. The predicted octanol–water partition coefficient (Wildman–Crippen LogP) is 4.48. The molecule has 2 amide bonds. The zero-order valence-electron chi connectivity index (χ0n) is 21.1. The summed E-state index contributed by atoms with van der Waals surface area (Å²) in [6.45, 7) is 7.25. The molecule has 0 aliphatic heterocycles. The van der Waals surface area contributed by atoms with Crippen molar-refractivity contribution in [3.05, 3.63) is 117 Å². The average molecular weight is 571 g/mol. The summed E-state index contributed by atoms with van der Waals surface area (Å²) in [4.78, 5) is 42.6. The summed E-state index contributed by atoms with van der Waals surface area (Å²) in [5.41, 5.74) is 0.936. The molecule has 0 aliphatic rings. The Labute approximate surface area is 236 Å². The molecule has 0 spiro atoms. The van der Waals surface area contributed by atoms with E-state index in [4.69, 9.17) is 32.7 Å². The number of aromatic nitrogens is 2. The van der Waals surface area contributed by atoms with Gasteiger partial charge in [0.15, 0.2) is 0 Å². The van der Waals surface area contributed by atoms with Crippen molar-refractivity contribution in [3.63, 3.8) is 0 Å². The molecule has 11 heteroatoms. The van der Waals surface area contributed by atoms with Crippen LogP contribution in [-0.4, -0.2) is 41.3 Å². The number of hydrogen-bond acceptors (Lipinski definition) is 6. The zero-order chi connectivity index (χ0) is 28.2. The van der Waals surface area contributed by atoms with Gasteiger partial charge < -0.3 is 20.1 Å². The summed E-state index contributed by atoms with van der Waals surface area (Å²) in [5.74, 6) is -0.545. The van der Waals surface area contributed by atoms with Crippen molar-refractivity contribution in [2.24, 2.45) is 0 Å². The second kappa shape index (κ2) is 14.8. The molecule has 0 aliphatic carbocycles. The van der Waals surface area contributed by atoms with Crippen molar-refractivity contribution in [2.45, 2.75) is 19.0 Å². The van der Waals surface area contributed by atoms with Crippen LogP contribution in [0.15, 0.2) is 84.8 Å². The lowest BCUT2D eigenvalue weighted by atomic mass is 9.95. The van der Waals surface area contributed by atoms with Crippen LogP contribution in [0, 0.1) is 0 Å². The van der Waals surface area contributed by atoms with Gasteiger partial charge in [0.1, 0.15) is 36.4 Å². The average Bonchev–Trinajstić information content (AvgIpc) is 2.94. The molecule has 1 aromatic heterocycles. The SMILES string of the molecule is C=CCOC(=O)NC[C@H](c1ccccc1)c1ncc(Cl)n(CC(=O)NCc2cc(Cl)ccc2OCC=C)c1=O. The first-order valence-electron chi connectivity index (χ1n) is 11.9. The van der Waals surface area contributed by atoms with E-state index in [0.29, 0.717) is 16.3 Å². The highest BCUT2D eigenvalue weighted by Crippen LogP contribution is 2.23. The molecule has 0 radical (unpaired) electrons. The number of rotatable bonds is 13. The highest BCUT2D eigenvalue weighted by Gasteiger charge is 2.23. The van der Waals surface area contributed by atoms with Crippen molar-refractivity contribution in [1.29, 1.82) is 0 Å². The van der Waals surface area contributed by atoms with Gasteiger partial charge in [-0.3, -0.25) is 19.1 Å². The minimum atomic E-state index is -0.665. The van der Waals surface area contributed by atoms with Crippen molar-refractivity contribution < 1.29 is 19.1 Å². The number of alkyl carbamates (subject to hydrolysis) is 1. The van der Waals surface area contributed by atoms with E-state index in [2.05, 4.69) is 28.8 Å². The minimum absolute atomic E-state index is 0.0122. The van der Waals surface area contributed by atoms with E-state index in [1.807, 2.05) is 30.3 Å². The van der Waals surface area contributed by atoms with E-state index >= 15 is 0 Å². The third-order valence-electron chi connectivity index (χ3n) is 5.50. The van der Waals surface area contributed by atoms with Gasteiger partial charge in [-0.05, 0) is 23.8 Å². The third-order valence-corrected chi connectivity index (χ3v) is 6.04. The van der Waals surface area contributed by atoms with Gasteiger partial charge in [0.05, 0.1) is 6.20 Å².